The van der Waals surface area contributed by atoms with E-state index in [2.05, 4.69) is 25.3 Å². The maximum atomic E-state index is 12.0. The lowest BCUT2D eigenvalue weighted by atomic mass is 10.2. The molecular formula is C16H16N6O2. The van der Waals surface area contributed by atoms with Crippen LogP contribution in [0.4, 0.5) is 5.82 Å². The summed E-state index contributed by atoms with van der Waals surface area (Å²) >= 11 is 0. The predicted octanol–water partition coefficient (Wildman–Crippen LogP) is 1.69. The van der Waals surface area contributed by atoms with Crippen molar-refractivity contribution < 1.29 is 9.21 Å². The van der Waals surface area contributed by atoms with E-state index in [9.17, 15) is 4.79 Å². The third kappa shape index (κ3) is 3.79. The Balaban J connectivity index is 1.99. The molecule has 0 aliphatic heterocycles. The molecule has 0 bridgehead atoms. The Labute approximate surface area is 138 Å². The number of hydrogen-bond acceptors (Lipinski definition) is 7. The largest absolute Gasteiger partial charge is 0.442 e. The number of aromatic nitrogens is 4. The molecule has 0 radical (unpaired) electrons. The second-order valence-electron chi connectivity index (χ2n) is 5.30. The van der Waals surface area contributed by atoms with Crippen LogP contribution in [-0.4, -0.2) is 51.4 Å². The van der Waals surface area contributed by atoms with Gasteiger partial charge in [-0.2, -0.15) is 0 Å². The maximum Gasteiger partial charge on any atom is 0.264 e. The molecule has 1 N–H and O–H groups in total. The molecule has 0 fully saturated rings. The van der Waals surface area contributed by atoms with Crippen molar-refractivity contribution in [2.24, 2.45) is 0 Å². The molecule has 0 aromatic carbocycles. The van der Waals surface area contributed by atoms with Crippen LogP contribution in [0.15, 0.2) is 47.3 Å². The molecule has 3 aromatic heterocycles. The first-order valence-corrected chi connectivity index (χ1v) is 7.27. The SMILES string of the molecule is CN(C)CC(=O)Nc1cc(-c2ccccn2)nc(-c2ncco2)n1. The number of pyridine rings is 1. The fourth-order valence-corrected chi connectivity index (χ4v) is 2.06. The second kappa shape index (κ2) is 6.97. The lowest BCUT2D eigenvalue weighted by molar-refractivity contribution is -0.116. The smallest absolute Gasteiger partial charge is 0.264 e. The van der Waals surface area contributed by atoms with Crippen LogP contribution in [-0.2, 0) is 4.79 Å². The first-order chi connectivity index (χ1) is 11.6. The van der Waals surface area contributed by atoms with Crippen LogP contribution >= 0.6 is 0 Å². The van der Waals surface area contributed by atoms with E-state index >= 15 is 0 Å². The quantitative estimate of drug-likeness (QED) is 0.762. The van der Waals surface area contributed by atoms with E-state index in [4.69, 9.17) is 4.42 Å². The highest BCUT2D eigenvalue weighted by Gasteiger charge is 2.14. The van der Waals surface area contributed by atoms with Crippen molar-refractivity contribution in [2.45, 2.75) is 0 Å². The molecular weight excluding hydrogens is 308 g/mol. The Bertz CT molecular complexity index is 818. The number of oxazole rings is 1. The van der Waals surface area contributed by atoms with Gasteiger partial charge in [-0.3, -0.25) is 9.78 Å². The molecule has 8 nitrogen and oxygen atoms in total. The summed E-state index contributed by atoms with van der Waals surface area (Å²) in [6.45, 7) is 0.247. The van der Waals surface area contributed by atoms with Crippen molar-refractivity contribution in [3.8, 4) is 23.1 Å². The molecule has 3 rings (SSSR count). The first-order valence-electron chi connectivity index (χ1n) is 7.27. The van der Waals surface area contributed by atoms with E-state index in [1.54, 1.807) is 17.2 Å². The van der Waals surface area contributed by atoms with Crippen LogP contribution in [0.3, 0.4) is 0 Å². The summed E-state index contributed by atoms with van der Waals surface area (Å²) in [5, 5.41) is 2.76. The van der Waals surface area contributed by atoms with Crippen molar-refractivity contribution in [2.75, 3.05) is 26.0 Å². The fourth-order valence-electron chi connectivity index (χ4n) is 2.06. The first kappa shape index (κ1) is 15.8. The fraction of sp³-hybridized carbons (Fsp3) is 0.188. The predicted molar refractivity (Wildman–Crippen MR) is 87.9 cm³/mol. The highest BCUT2D eigenvalue weighted by molar-refractivity contribution is 5.91. The number of anilines is 1. The van der Waals surface area contributed by atoms with E-state index in [0.717, 1.165) is 0 Å². The summed E-state index contributed by atoms with van der Waals surface area (Å²) in [5.74, 6) is 0.744. The number of rotatable bonds is 5. The molecule has 0 spiro atoms. The number of nitrogens with one attached hydrogen (secondary N) is 1. The molecule has 0 saturated heterocycles. The highest BCUT2D eigenvalue weighted by atomic mass is 16.3. The average Bonchev–Trinajstić information content (AvgIpc) is 3.09. The van der Waals surface area contributed by atoms with Crippen molar-refractivity contribution in [3.63, 3.8) is 0 Å². The maximum absolute atomic E-state index is 12.0. The standard InChI is InChI=1S/C16H16N6O2/c1-22(2)10-14(23)20-13-9-12(11-5-3-4-6-17-11)19-15(21-13)16-18-7-8-24-16/h3-9H,10H2,1-2H3,(H,19,20,21,23). The summed E-state index contributed by atoms with van der Waals surface area (Å²) in [6, 6.07) is 7.18. The van der Waals surface area contributed by atoms with Crippen LogP contribution in [0.25, 0.3) is 23.1 Å². The van der Waals surface area contributed by atoms with Gasteiger partial charge < -0.3 is 14.6 Å². The van der Waals surface area contributed by atoms with Crippen LogP contribution in [0.5, 0.6) is 0 Å². The van der Waals surface area contributed by atoms with Crippen molar-refractivity contribution in [3.05, 3.63) is 42.9 Å². The summed E-state index contributed by atoms with van der Waals surface area (Å²) in [4.78, 5) is 30.8. The van der Waals surface area contributed by atoms with Gasteiger partial charge >= 0.3 is 0 Å². The Morgan fingerprint density at radius 1 is 1.17 bits per heavy atom. The van der Waals surface area contributed by atoms with Crippen molar-refractivity contribution in [1.82, 2.24) is 24.8 Å². The Hall–Kier alpha value is -3.13. The van der Waals surface area contributed by atoms with E-state index in [1.165, 1.54) is 12.5 Å². The van der Waals surface area contributed by atoms with Gasteiger partial charge in [-0.1, -0.05) is 6.07 Å². The lowest BCUT2D eigenvalue weighted by Gasteiger charge is -2.11. The molecule has 3 aromatic rings. The normalized spacial score (nSPS) is 10.8. The minimum atomic E-state index is -0.177. The van der Waals surface area contributed by atoms with Gasteiger partial charge in [0.1, 0.15) is 12.1 Å². The van der Waals surface area contributed by atoms with Gasteiger partial charge in [0.05, 0.1) is 24.1 Å². The Morgan fingerprint density at radius 3 is 2.71 bits per heavy atom. The zero-order valence-electron chi connectivity index (χ0n) is 13.3. The summed E-state index contributed by atoms with van der Waals surface area (Å²) in [6.07, 6.45) is 4.62. The molecule has 3 heterocycles. The second-order valence-corrected chi connectivity index (χ2v) is 5.30. The number of hydrogen-bond donors (Lipinski definition) is 1. The van der Waals surface area contributed by atoms with E-state index < -0.39 is 0 Å². The van der Waals surface area contributed by atoms with Gasteiger partial charge in [0, 0.05) is 12.3 Å². The van der Waals surface area contributed by atoms with Gasteiger partial charge in [-0.25, -0.2) is 15.0 Å². The molecule has 0 aliphatic rings. The third-order valence-electron chi connectivity index (χ3n) is 3.00. The molecule has 1 amide bonds. The van der Waals surface area contributed by atoms with Crippen LogP contribution in [0.1, 0.15) is 0 Å². The third-order valence-corrected chi connectivity index (χ3v) is 3.00. The molecule has 24 heavy (non-hydrogen) atoms. The number of nitrogens with zero attached hydrogens (tertiary/aromatic N) is 5. The molecule has 0 aliphatic carbocycles. The minimum absolute atomic E-state index is 0.177. The Morgan fingerprint density at radius 2 is 2.04 bits per heavy atom. The van der Waals surface area contributed by atoms with Crippen molar-refractivity contribution in [1.29, 1.82) is 0 Å². The molecule has 0 unspecified atom stereocenters. The topological polar surface area (TPSA) is 97.0 Å². The van der Waals surface area contributed by atoms with Gasteiger partial charge in [0.25, 0.3) is 5.89 Å². The van der Waals surface area contributed by atoms with Gasteiger partial charge in [0.2, 0.25) is 11.7 Å². The highest BCUT2D eigenvalue weighted by Crippen LogP contribution is 2.22. The monoisotopic (exact) mass is 324 g/mol. The summed E-state index contributed by atoms with van der Waals surface area (Å²) < 4.78 is 5.26. The number of amides is 1. The van der Waals surface area contributed by atoms with E-state index in [1.807, 2.05) is 32.3 Å². The molecule has 0 saturated carbocycles. The minimum Gasteiger partial charge on any atom is -0.442 e. The zero-order valence-corrected chi connectivity index (χ0v) is 13.3. The molecule has 122 valence electrons. The average molecular weight is 324 g/mol. The van der Waals surface area contributed by atoms with Gasteiger partial charge in [-0.05, 0) is 26.2 Å². The van der Waals surface area contributed by atoms with Crippen LogP contribution < -0.4 is 5.32 Å². The van der Waals surface area contributed by atoms with Crippen LogP contribution in [0, 0.1) is 0 Å². The summed E-state index contributed by atoms with van der Waals surface area (Å²) in [5.41, 5.74) is 1.23. The van der Waals surface area contributed by atoms with E-state index in [0.29, 0.717) is 17.2 Å². The molecule has 0 atom stereocenters. The number of likely N-dealkylation sites (N-methyl/N-ethyl adjacent to an activating group) is 1. The lowest BCUT2D eigenvalue weighted by Crippen LogP contribution is -2.27. The zero-order chi connectivity index (χ0) is 16.9. The van der Waals surface area contributed by atoms with Gasteiger partial charge in [-0.15, -0.1) is 0 Å². The number of carbonyl (C=O) groups is 1. The van der Waals surface area contributed by atoms with E-state index in [-0.39, 0.29) is 24.2 Å². The molecule has 8 heteroatoms. The van der Waals surface area contributed by atoms with Crippen LogP contribution in [0.2, 0.25) is 0 Å². The number of carbonyl (C=O) groups excluding carboxylic acids is 1. The van der Waals surface area contributed by atoms with Crippen molar-refractivity contribution >= 4 is 11.7 Å². The summed E-state index contributed by atoms with van der Waals surface area (Å²) in [7, 11) is 3.63. The van der Waals surface area contributed by atoms with Gasteiger partial charge in [0.15, 0.2) is 0 Å². The Kier molecular flexibility index (Phi) is 4.57.